The second-order valence-electron chi connectivity index (χ2n) is 4.33. The highest BCUT2D eigenvalue weighted by atomic mass is 35.5. The summed E-state index contributed by atoms with van der Waals surface area (Å²) in [5.74, 6) is -0.933. The van der Waals surface area contributed by atoms with E-state index in [9.17, 15) is 9.90 Å². The fourth-order valence-corrected chi connectivity index (χ4v) is 4.28. The number of rotatable bonds is 4. The first-order chi connectivity index (χ1) is 10.5. The van der Waals surface area contributed by atoms with Crippen molar-refractivity contribution >= 4 is 62.6 Å². The van der Waals surface area contributed by atoms with Crippen molar-refractivity contribution in [3.63, 3.8) is 0 Å². The van der Waals surface area contributed by atoms with Gasteiger partial charge in [-0.25, -0.2) is 9.97 Å². The molecule has 0 spiro atoms. The van der Waals surface area contributed by atoms with E-state index in [0.29, 0.717) is 30.4 Å². The van der Waals surface area contributed by atoms with Crippen molar-refractivity contribution in [1.82, 2.24) is 9.97 Å². The quantitative estimate of drug-likeness (QED) is 0.521. The first-order valence-corrected chi connectivity index (χ1v) is 8.56. The van der Waals surface area contributed by atoms with Gasteiger partial charge in [-0.2, -0.15) is 0 Å². The van der Waals surface area contributed by atoms with E-state index in [1.165, 1.54) is 23.1 Å². The number of nitrogens with zero attached hydrogens (tertiary/aromatic N) is 2. The molecule has 0 amide bonds. The third-order valence-electron chi connectivity index (χ3n) is 2.82. The minimum absolute atomic E-state index is 0.389. The van der Waals surface area contributed by atoms with Crippen LogP contribution >= 0.6 is 46.3 Å². The molecule has 0 radical (unpaired) electrons. The number of pyridine rings is 1. The van der Waals surface area contributed by atoms with Crippen LogP contribution in [0.25, 0.3) is 10.3 Å². The van der Waals surface area contributed by atoms with E-state index in [4.69, 9.17) is 23.2 Å². The molecule has 0 aliphatic rings. The SMILES string of the molecule is O=C(O)C(Sc1nc2ccc(Cl)nc2s1)c1ccc(Cl)cc1. The predicted octanol–water partition coefficient (Wildman–Crippen LogP) is 4.92. The molecule has 1 N–H and O–H groups in total. The second-order valence-corrected chi connectivity index (χ2v) is 7.48. The number of carboxylic acids is 1. The fraction of sp³-hybridized carbons (Fsp3) is 0.0714. The number of aliphatic carboxylic acids is 1. The molecule has 2 aromatic heterocycles. The first-order valence-electron chi connectivity index (χ1n) is 6.11. The summed E-state index contributed by atoms with van der Waals surface area (Å²) in [7, 11) is 0. The van der Waals surface area contributed by atoms with Gasteiger partial charge in [0.1, 0.15) is 20.8 Å². The van der Waals surface area contributed by atoms with E-state index in [0.717, 1.165) is 0 Å². The second kappa shape index (κ2) is 6.42. The van der Waals surface area contributed by atoms with Crippen LogP contribution in [0.3, 0.4) is 0 Å². The van der Waals surface area contributed by atoms with E-state index < -0.39 is 11.2 Å². The number of halogens is 2. The molecule has 0 saturated carbocycles. The van der Waals surface area contributed by atoms with E-state index in [2.05, 4.69) is 9.97 Å². The van der Waals surface area contributed by atoms with Crippen molar-refractivity contribution in [2.45, 2.75) is 9.59 Å². The molecule has 1 atom stereocenters. The highest BCUT2D eigenvalue weighted by molar-refractivity contribution is 8.02. The monoisotopic (exact) mass is 370 g/mol. The van der Waals surface area contributed by atoms with Gasteiger partial charge < -0.3 is 5.11 Å². The molecule has 0 fully saturated rings. The zero-order valence-electron chi connectivity index (χ0n) is 10.9. The number of aromatic nitrogens is 2. The number of carbonyl (C=O) groups is 1. The number of benzene rings is 1. The van der Waals surface area contributed by atoms with Gasteiger partial charge in [-0.3, -0.25) is 4.79 Å². The maximum Gasteiger partial charge on any atom is 0.321 e. The number of thioether (sulfide) groups is 1. The standard InChI is InChI=1S/C14H8Cl2N2O2S2/c15-8-3-1-7(2-4-8)11(13(19)20)21-14-17-9-5-6-10(16)18-12(9)22-14/h1-6,11H,(H,19,20). The minimum Gasteiger partial charge on any atom is -0.480 e. The van der Waals surface area contributed by atoms with Crippen LogP contribution in [0.4, 0.5) is 0 Å². The number of thiazole rings is 1. The molecule has 8 heteroatoms. The minimum atomic E-state index is -0.933. The van der Waals surface area contributed by atoms with Crippen LogP contribution in [-0.4, -0.2) is 21.0 Å². The van der Waals surface area contributed by atoms with Crippen molar-refractivity contribution in [2.75, 3.05) is 0 Å². The van der Waals surface area contributed by atoms with Gasteiger partial charge in [0.15, 0.2) is 4.34 Å². The molecule has 3 rings (SSSR count). The summed E-state index contributed by atoms with van der Waals surface area (Å²) < 4.78 is 0.632. The molecule has 0 bridgehead atoms. The van der Waals surface area contributed by atoms with Crippen molar-refractivity contribution in [3.8, 4) is 0 Å². The van der Waals surface area contributed by atoms with Crippen LogP contribution in [0, 0.1) is 0 Å². The Hall–Kier alpha value is -1.34. The smallest absolute Gasteiger partial charge is 0.321 e. The Bertz CT molecular complexity index is 836. The number of fused-ring (bicyclic) bond motifs is 1. The zero-order valence-corrected chi connectivity index (χ0v) is 14.0. The number of carboxylic acid groups (broad SMARTS) is 1. The molecule has 4 nitrogen and oxygen atoms in total. The normalized spacial score (nSPS) is 12.5. The fourth-order valence-electron chi connectivity index (χ4n) is 1.82. The lowest BCUT2D eigenvalue weighted by Crippen LogP contribution is -2.07. The van der Waals surface area contributed by atoms with Crippen molar-refractivity contribution in [3.05, 3.63) is 52.1 Å². The summed E-state index contributed by atoms with van der Waals surface area (Å²) in [4.78, 5) is 20.8. The van der Waals surface area contributed by atoms with Gasteiger partial charge in [0, 0.05) is 5.02 Å². The van der Waals surface area contributed by atoms with E-state index in [1.54, 1.807) is 36.4 Å². The van der Waals surface area contributed by atoms with Crippen LogP contribution in [-0.2, 0) is 4.79 Å². The Labute approximate surface area is 144 Å². The van der Waals surface area contributed by atoms with Gasteiger partial charge in [-0.15, -0.1) is 0 Å². The molecule has 112 valence electrons. The third kappa shape index (κ3) is 3.35. The summed E-state index contributed by atoms with van der Waals surface area (Å²) in [5.41, 5.74) is 1.37. The van der Waals surface area contributed by atoms with Gasteiger partial charge in [0.25, 0.3) is 0 Å². The van der Waals surface area contributed by atoms with Crippen LogP contribution in [0.2, 0.25) is 10.2 Å². The predicted molar refractivity (Wildman–Crippen MR) is 90.1 cm³/mol. The molecule has 22 heavy (non-hydrogen) atoms. The highest BCUT2D eigenvalue weighted by Crippen LogP contribution is 2.39. The van der Waals surface area contributed by atoms with Crippen molar-refractivity contribution < 1.29 is 9.90 Å². The summed E-state index contributed by atoms with van der Waals surface area (Å²) in [6.07, 6.45) is 0. The molecule has 3 aromatic rings. The molecule has 0 aliphatic heterocycles. The highest BCUT2D eigenvalue weighted by Gasteiger charge is 2.23. The van der Waals surface area contributed by atoms with Gasteiger partial charge >= 0.3 is 5.97 Å². The zero-order chi connectivity index (χ0) is 15.7. The number of hydrogen-bond acceptors (Lipinski definition) is 5. The molecular formula is C14H8Cl2N2O2S2. The van der Waals surface area contributed by atoms with Crippen LogP contribution in [0.15, 0.2) is 40.7 Å². The summed E-state index contributed by atoms with van der Waals surface area (Å²) >= 11 is 14.2. The summed E-state index contributed by atoms with van der Waals surface area (Å²) in [5, 5.41) is 9.66. The number of hydrogen-bond donors (Lipinski definition) is 1. The topological polar surface area (TPSA) is 63.1 Å². The molecule has 2 heterocycles. The third-order valence-corrected chi connectivity index (χ3v) is 5.58. The van der Waals surface area contributed by atoms with Crippen LogP contribution in [0.1, 0.15) is 10.8 Å². The molecule has 1 aromatic carbocycles. The van der Waals surface area contributed by atoms with E-state index in [1.807, 2.05) is 0 Å². The lowest BCUT2D eigenvalue weighted by atomic mass is 10.1. The Kier molecular flexibility index (Phi) is 4.54. The average molecular weight is 371 g/mol. The van der Waals surface area contributed by atoms with Gasteiger partial charge in [0.05, 0.1) is 0 Å². The van der Waals surface area contributed by atoms with E-state index in [-0.39, 0.29) is 0 Å². The lowest BCUT2D eigenvalue weighted by molar-refractivity contribution is -0.136. The van der Waals surface area contributed by atoms with Crippen LogP contribution < -0.4 is 0 Å². The van der Waals surface area contributed by atoms with Crippen molar-refractivity contribution in [1.29, 1.82) is 0 Å². The Morgan fingerprint density at radius 1 is 1.14 bits per heavy atom. The largest absolute Gasteiger partial charge is 0.480 e. The van der Waals surface area contributed by atoms with Gasteiger partial charge in [-0.05, 0) is 29.8 Å². The molecular weight excluding hydrogens is 363 g/mol. The van der Waals surface area contributed by atoms with Crippen LogP contribution in [0.5, 0.6) is 0 Å². The Morgan fingerprint density at radius 3 is 2.55 bits per heavy atom. The lowest BCUT2D eigenvalue weighted by Gasteiger charge is -2.10. The van der Waals surface area contributed by atoms with Gasteiger partial charge in [0.2, 0.25) is 0 Å². The molecule has 0 aliphatic carbocycles. The first kappa shape index (κ1) is 15.6. The molecule has 0 saturated heterocycles. The average Bonchev–Trinajstić information content (AvgIpc) is 2.87. The van der Waals surface area contributed by atoms with E-state index >= 15 is 0 Å². The Balaban J connectivity index is 1.92. The summed E-state index contributed by atoms with van der Waals surface area (Å²) in [6.45, 7) is 0. The maximum absolute atomic E-state index is 11.5. The molecule has 1 unspecified atom stereocenters. The summed E-state index contributed by atoms with van der Waals surface area (Å²) in [6, 6.07) is 10.2. The Morgan fingerprint density at radius 2 is 1.86 bits per heavy atom. The van der Waals surface area contributed by atoms with Gasteiger partial charge in [-0.1, -0.05) is 58.4 Å². The van der Waals surface area contributed by atoms with Crippen molar-refractivity contribution in [2.24, 2.45) is 0 Å². The maximum atomic E-state index is 11.5.